The van der Waals surface area contributed by atoms with Gasteiger partial charge in [-0.25, -0.2) is 0 Å². The summed E-state index contributed by atoms with van der Waals surface area (Å²) in [5, 5.41) is 3.08. The zero-order valence-electron chi connectivity index (χ0n) is 17.4. The molecule has 1 amide bonds. The predicted molar refractivity (Wildman–Crippen MR) is 119 cm³/mol. The summed E-state index contributed by atoms with van der Waals surface area (Å²) in [5.41, 5.74) is 4.81. The van der Waals surface area contributed by atoms with E-state index in [1.54, 1.807) is 0 Å². The van der Waals surface area contributed by atoms with Gasteiger partial charge in [0.25, 0.3) is 5.91 Å². The Morgan fingerprint density at radius 1 is 0.897 bits per heavy atom. The molecule has 2 heterocycles. The Hall–Kier alpha value is -2.33. The topological polar surface area (TPSA) is 35.6 Å². The summed E-state index contributed by atoms with van der Waals surface area (Å²) >= 11 is 0. The number of aryl methyl sites for hydroxylation is 1. The Morgan fingerprint density at radius 3 is 2.52 bits per heavy atom. The van der Waals surface area contributed by atoms with Crippen molar-refractivity contribution in [2.24, 2.45) is 0 Å². The number of fused-ring (bicyclic) bond motifs is 1. The SMILES string of the molecule is O=C(NCCCN1CCCCC1)c1ccc(CN2CCCc3ccccc32)cc1. The third-order valence-corrected chi connectivity index (χ3v) is 6.18. The number of hydrogen-bond acceptors (Lipinski definition) is 3. The highest BCUT2D eigenvalue weighted by molar-refractivity contribution is 5.94. The van der Waals surface area contributed by atoms with Crippen LogP contribution in [0.15, 0.2) is 48.5 Å². The Labute approximate surface area is 174 Å². The van der Waals surface area contributed by atoms with E-state index in [0.717, 1.165) is 38.2 Å². The molecule has 0 aliphatic carbocycles. The number of nitrogens with zero attached hydrogens (tertiary/aromatic N) is 2. The van der Waals surface area contributed by atoms with E-state index in [1.165, 1.54) is 62.0 Å². The lowest BCUT2D eigenvalue weighted by atomic mass is 10.0. The number of para-hydroxylation sites is 1. The van der Waals surface area contributed by atoms with Crippen LogP contribution in [0.1, 0.15) is 53.6 Å². The quantitative estimate of drug-likeness (QED) is 0.717. The summed E-state index contributed by atoms with van der Waals surface area (Å²) in [4.78, 5) is 17.4. The van der Waals surface area contributed by atoms with Crippen molar-refractivity contribution in [3.8, 4) is 0 Å². The highest BCUT2D eigenvalue weighted by atomic mass is 16.1. The molecule has 4 rings (SSSR count). The molecule has 0 bridgehead atoms. The number of rotatable bonds is 7. The van der Waals surface area contributed by atoms with Crippen LogP contribution >= 0.6 is 0 Å². The van der Waals surface area contributed by atoms with E-state index in [2.05, 4.69) is 51.5 Å². The molecule has 1 saturated heterocycles. The molecule has 29 heavy (non-hydrogen) atoms. The van der Waals surface area contributed by atoms with Crippen molar-refractivity contribution in [2.45, 2.75) is 45.1 Å². The molecule has 154 valence electrons. The molecule has 0 radical (unpaired) electrons. The van der Waals surface area contributed by atoms with E-state index in [0.29, 0.717) is 0 Å². The fourth-order valence-corrected chi connectivity index (χ4v) is 4.55. The summed E-state index contributed by atoms with van der Waals surface area (Å²) in [6.07, 6.45) is 7.41. The lowest BCUT2D eigenvalue weighted by Crippen LogP contribution is -2.33. The number of likely N-dealkylation sites (tertiary alicyclic amines) is 1. The third kappa shape index (κ3) is 5.39. The fourth-order valence-electron chi connectivity index (χ4n) is 4.55. The van der Waals surface area contributed by atoms with Gasteiger partial charge in [0.2, 0.25) is 0 Å². The highest BCUT2D eigenvalue weighted by Gasteiger charge is 2.16. The second-order valence-corrected chi connectivity index (χ2v) is 8.36. The molecule has 2 aliphatic heterocycles. The number of carbonyl (C=O) groups excluding carboxylic acids is 1. The average molecular weight is 392 g/mol. The normalized spacial score (nSPS) is 17.0. The Bertz CT molecular complexity index is 796. The molecule has 2 aromatic carbocycles. The van der Waals surface area contributed by atoms with Crippen molar-refractivity contribution in [3.05, 3.63) is 65.2 Å². The number of hydrogen-bond donors (Lipinski definition) is 1. The van der Waals surface area contributed by atoms with Gasteiger partial charge in [0.1, 0.15) is 0 Å². The summed E-state index contributed by atoms with van der Waals surface area (Å²) in [6, 6.07) is 16.8. The first-order valence-corrected chi connectivity index (χ1v) is 11.2. The van der Waals surface area contributed by atoms with Gasteiger partial charge >= 0.3 is 0 Å². The van der Waals surface area contributed by atoms with Crippen molar-refractivity contribution < 1.29 is 4.79 Å². The van der Waals surface area contributed by atoms with Gasteiger partial charge in [-0.15, -0.1) is 0 Å². The van der Waals surface area contributed by atoms with Gasteiger partial charge < -0.3 is 15.1 Å². The van der Waals surface area contributed by atoms with E-state index in [-0.39, 0.29) is 5.91 Å². The fraction of sp³-hybridized carbons (Fsp3) is 0.480. The van der Waals surface area contributed by atoms with Crippen LogP contribution in [-0.4, -0.2) is 43.5 Å². The Morgan fingerprint density at radius 2 is 1.69 bits per heavy atom. The molecule has 0 unspecified atom stereocenters. The zero-order chi connectivity index (χ0) is 19.9. The third-order valence-electron chi connectivity index (χ3n) is 6.18. The van der Waals surface area contributed by atoms with Gasteiger partial charge in [-0.3, -0.25) is 4.79 Å². The number of benzene rings is 2. The predicted octanol–water partition coefficient (Wildman–Crippen LogP) is 4.25. The molecular weight excluding hydrogens is 358 g/mol. The summed E-state index contributed by atoms with van der Waals surface area (Å²) < 4.78 is 0. The first kappa shape index (κ1) is 20.0. The molecule has 4 nitrogen and oxygen atoms in total. The van der Waals surface area contributed by atoms with E-state index in [4.69, 9.17) is 0 Å². The maximum absolute atomic E-state index is 12.4. The number of piperidine rings is 1. The van der Waals surface area contributed by atoms with Crippen molar-refractivity contribution in [2.75, 3.05) is 37.6 Å². The van der Waals surface area contributed by atoms with Crippen LogP contribution in [-0.2, 0) is 13.0 Å². The van der Waals surface area contributed by atoms with Crippen LogP contribution < -0.4 is 10.2 Å². The summed E-state index contributed by atoms with van der Waals surface area (Å²) in [6.45, 7) is 6.27. The van der Waals surface area contributed by atoms with Gasteiger partial charge in [0.15, 0.2) is 0 Å². The maximum Gasteiger partial charge on any atom is 0.251 e. The lowest BCUT2D eigenvalue weighted by Gasteiger charge is -2.31. The van der Waals surface area contributed by atoms with Gasteiger partial charge in [0, 0.05) is 30.9 Å². The minimum absolute atomic E-state index is 0.0403. The molecular formula is C25H33N3O. The van der Waals surface area contributed by atoms with E-state index in [1.807, 2.05) is 12.1 Å². The number of nitrogens with one attached hydrogen (secondary N) is 1. The van der Waals surface area contributed by atoms with Crippen molar-refractivity contribution in [1.82, 2.24) is 10.2 Å². The number of amides is 1. The number of anilines is 1. The van der Waals surface area contributed by atoms with E-state index < -0.39 is 0 Å². The molecule has 1 N–H and O–H groups in total. The highest BCUT2D eigenvalue weighted by Crippen LogP contribution is 2.28. The second kappa shape index (κ2) is 9.93. The van der Waals surface area contributed by atoms with Crippen molar-refractivity contribution >= 4 is 11.6 Å². The van der Waals surface area contributed by atoms with Crippen LogP contribution in [0.3, 0.4) is 0 Å². The molecule has 2 aliphatic rings. The van der Waals surface area contributed by atoms with Gasteiger partial charge in [-0.1, -0.05) is 36.8 Å². The van der Waals surface area contributed by atoms with Crippen LogP contribution in [0, 0.1) is 0 Å². The lowest BCUT2D eigenvalue weighted by molar-refractivity contribution is 0.0951. The van der Waals surface area contributed by atoms with Crippen LogP contribution in [0.2, 0.25) is 0 Å². The van der Waals surface area contributed by atoms with Crippen molar-refractivity contribution in [1.29, 1.82) is 0 Å². The molecule has 0 saturated carbocycles. The summed E-state index contributed by atoms with van der Waals surface area (Å²) in [5.74, 6) is 0.0403. The van der Waals surface area contributed by atoms with Crippen molar-refractivity contribution in [3.63, 3.8) is 0 Å². The minimum Gasteiger partial charge on any atom is -0.367 e. The minimum atomic E-state index is 0.0403. The van der Waals surface area contributed by atoms with Gasteiger partial charge in [-0.05, 0) is 81.1 Å². The van der Waals surface area contributed by atoms with E-state index >= 15 is 0 Å². The van der Waals surface area contributed by atoms with Gasteiger partial charge in [0.05, 0.1) is 0 Å². The molecule has 0 atom stereocenters. The summed E-state index contributed by atoms with van der Waals surface area (Å²) in [7, 11) is 0. The maximum atomic E-state index is 12.4. The zero-order valence-corrected chi connectivity index (χ0v) is 17.4. The molecule has 2 aromatic rings. The van der Waals surface area contributed by atoms with Crippen LogP contribution in [0.4, 0.5) is 5.69 Å². The smallest absolute Gasteiger partial charge is 0.251 e. The monoisotopic (exact) mass is 391 g/mol. The molecule has 0 aromatic heterocycles. The Balaban J connectivity index is 1.25. The molecule has 0 spiro atoms. The largest absolute Gasteiger partial charge is 0.367 e. The first-order chi connectivity index (χ1) is 14.3. The first-order valence-electron chi connectivity index (χ1n) is 11.2. The van der Waals surface area contributed by atoms with Crippen LogP contribution in [0.25, 0.3) is 0 Å². The van der Waals surface area contributed by atoms with Crippen LogP contribution in [0.5, 0.6) is 0 Å². The van der Waals surface area contributed by atoms with Gasteiger partial charge in [-0.2, -0.15) is 0 Å². The average Bonchev–Trinajstić information content (AvgIpc) is 2.78. The Kier molecular flexibility index (Phi) is 6.83. The van der Waals surface area contributed by atoms with E-state index in [9.17, 15) is 4.79 Å². The molecule has 1 fully saturated rings. The molecule has 4 heteroatoms. The number of carbonyl (C=O) groups is 1. The standard InChI is InChI=1S/C25H33N3O/c29-25(26-15-7-18-27-16-4-1-5-17-27)23-13-11-21(12-14-23)20-28-19-6-9-22-8-2-3-10-24(22)28/h2-3,8,10-14H,1,4-7,9,15-20H2,(H,26,29). The second-order valence-electron chi connectivity index (χ2n) is 8.36.